The molecule has 2 aromatic rings. The summed E-state index contributed by atoms with van der Waals surface area (Å²) in [6.45, 7) is 4.67. The summed E-state index contributed by atoms with van der Waals surface area (Å²) in [5.41, 5.74) is -1.32. The van der Waals surface area contributed by atoms with Crippen molar-refractivity contribution in [1.29, 1.82) is 0 Å². The van der Waals surface area contributed by atoms with Crippen molar-refractivity contribution in [2.75, 3.05) is 0 Å². The number of aliphatic imine (C=N–C) groups is 1. The largest absolute Gasteiger partial charge is 0.506 e. The molecule has 0 aliphatic heterocycles. The lowest BCUT2D eigenvalue weighted by atomic mass is 10.1. The van der Waals surface area contributed by atoms with E-state index in [0.717, 1.165) is 32.6 Å². The fourth-order valence-electron chi connectivity index (χ4n) is 2.87. The van der Waals surface area contributed by atoms with Crippen molar-refractivity contribution in [2.24, 2.45) is 4.99 Å². The maximum atomic E-state index is 12.0. The first kappa shape index (κ1) is 22.9. The van der Waals surface area contributed by atoms with Crippen molar-refractivity contribution in [3.8, 4) is 17.4 Å². The molecule has 1 aromatic carbocycles. The Balaban J connectivity index is 2.16. The Morgan fingerprint density at radius 2 is 1.70 bits per heavy atom. The number of rotatable bonds is 9. The SMILES string of the molecule is CCCCCCC(=O)Oc1ccc(N=C(C)c2c(O)c(C(C)=O)c(O)oc2=O)cc1. The lowest BCUT2D eigenvalue weighted by Gasteiger charge is -2.08. The predicted molar refractivity (Wildman–Crippen MR) is 111 cm³/mol. The number of ether oxygens (including phenoxy) is 1. The van der Waals surface area contributed by atoms with E-state index in [1.165, 1.54) is 6.92 Å². The molecule has 0 fully saturated rings. The normalized spacial score (nSPS) is 11.4. The van der Waals surface area contributed by atoms with Gasteiger partial charge in [0.25, 0.3) is 5.95 Å². The van der Waals surface area contributed by atoms with Gasteiger partial charge in [-0.15, -0.1) is 0 Å². The van der Waals surface area contributed by atoms with Gasteiger partial charge in [-0.05, 0) is 44.5 Å². The van der Waals surface area contributed by atoms with Crippen LogP contribution in [0.15, 0.2) is 38.5 Å². The molecule has 0 radical (unpaired) electrons. The van der Waals surface area contributed by atoms with E-state index < -0.39 is 28.7 Å². The molecule has 8 nitrogen and oxygen atoms in total. The number of ketones is 1. The molecule has 8 heteroatoms. The van der Waals surface area contributed by atoms with Gasteiger partial charge in [0.15, 0.2) is 5.78 Å². The van der Waals surface area contributed by atoms with E-state index in [1.54, 1.807) is 24.3 Å². The van der Waals surface area contributed by atoms with Gasteiger partial charge in [0.05, 0.1) is 11.4 Å². The minimum Gasteiger partial charge on any atom is -0.506 e. The van der Waals surface area contributed by atoms with Crippen LogP contribution >= 0.6 is 0 Å². The van der Waals surface area contributed by atoms with E-state index >= 15 is 0 Å². The molecule has 0 amide bonds. The predicted octanol–water partition coefficient (Wildman–Crippen LogP) is 4.27. The number of esters is 1. The van der Waals surface area contributed by atoms with Gasteiger partial charge in [-0.2, -0.15) is 0 Å². The summed E-state index contributed by atoms with van der Waals surface area (Å²) in [6.07, 6.45) is 4.31. The van der Waals surface area contributed by atoms with Crippen LogP contribution in [0.3, 0.4) is 0 Å². The van der Waals surface area contributed by atoms with Gasteiger partial charge in [0, 0.05) is 6.42 Å². The molecule has 0 aliphatic carbocycles. The molecule has 0 unspecified atom stereocenters. The highest BCUT2D eigenvalue weighted by Gasteiger charge is 2.23. The van der Waals surface area contributed by atoms with E-state index in [-0.39, 0.29) is 17.2 Å². The zero-order valence-corrected chi connectivity index (χ0v) is 17.2. The molecule has 0 saturated heterocycles. The summed E-state index contributed by atoms with van der Waals surface area (Å²) >= 11 is 0. The average Bonchev–Trinajstić information content (AvgIpc) is 2.66. The van der Waals surface area contributed by atoms with Gasteiger partial charge < -0.3 is 19.4 Å². The molecule has 30 heavy (non-hydrogen) atoms. The first-order valence-electron chi connectivity index (χ1n) is 9.71. The van der Waals surface area contributed by atoms with Crippen LogP contribution in [-0.2, 0) is 4.79 Å². The molecule has 1 heterocycles. The lowest BCUT2D eigenvalue weighted by Crippen LogP contribution is -2.15. The highest BCUT2D eigenvalue weighted by molar-refractivity contribution is 6.07. The third kappa shape index (κ3) is 5.79. The van der Waals surface area contributed by atoms with Crippen LogP contribution in [0.2, 0.25) is 0 Å². The van der Waals surface area contributed by atoms with Gasteiger partial charge in [0.1, 0.15) is 22.6 Å². The van der Waals surface area contributed by atoms with Crippen molar-refractivity contribution in [3.05, 3.63) is 45.8 Å². The van der Waals surface area contributed by atoms with Crippen LogP contribution in [0.1, 0.15) is 68.8 Å². The monoisotopic (exact) mass is 415 g/mol. The molecule has 0 atom stereocenters. The minimum atomic E-state index is -1.02. The quantitative estimate of drug-likeness (QED) is 0.206. The molecule has 0 aliphatic rings. The first-order valence-corrected chi connectivity index (χ1v) is 9.71. The van der Waals surface area contributed by atoms with E-state index in [2.05, 4.69) is 16.3 Å². The Kier molecular flexibility index (Phi) is 7.91. The van der Waals surface area contributed by atoms with E-state index in [1.807, 2.05) is 0 Å². The molecule has 160 valence electrons. The number of unbranched alkanes of at least 4 members (excludes halogenated alkanes) is 3. The van der Waals surface area contributed by atoms with Crippen molar-refractivity contribution in [1.82, 2.24) is 0 Å². The van der Waals surface area contributed by atoms with Crippen LogP contribution in [-0.4, -0.2) is 27.7 Å². The Hall–Kier alpha value is -3.42. The van der Waals surface area contributed by atoms with E-state index in [9.17, 15) is 24.6 Å². The molecule has 0 spiro atoms. The molecule has 0 saturated carbocycles. The number of aromatic hydroxyl groups is 2. The second-order valence-electron chi connectivity index (χ2n) is 6.83. The number of carbonyl (C=O) groups excluding carboxylic acids is 2. The van der Waals surface area contributed by atoms with Gasteiger partial charge in [-0.1, -0.05) is 26.2 Å². The van der Waals surface area contributed by atoms with Crippen LogP contribution < -0.4 is 10.4 Å². The van der Waals surface area contributed by atoms with Crippen LogP contribution in [0, 0.1) is 0 Å². The van der Waals surface area contributed by atoms with Crippen LogP contribution in [0.5, 0.6) is 17.4 Å². The third-order valence-corrected chi connectivity index (χ3v) is 4.39. The topological polar surface area (TPSA) is 126 Å². The molecule has 2 N–H and O–H groups in total. The summed E-state index contributed by atoms with van der Waals surface area (Å²) in [4.78, 5) is 39.7. The summed E-state index contributed by atoms with van der Waals surface area (Å²) in [5.74, 6) is -2.22. The fourth-order valence-corrected chi connectivity index (χ4v) is 2.87. The van der Waals surface area contributed by atoms with Crippen molar-refractivity contribution < 1.29 is 29.0 Å². The van der Waals surface area contributed by atoms with Gasteiger partial charge in [-0.25, -0.2) is 4.79 Å². The number of hydrogen-bond donors (Lipinski definition) is 2. The molecule has 0 bridgehead atoms. The molecular weight excluding hydrogens is 390 g/mol. The summed E-state index contributed by atoms with van der Waals surface area (Å²) < 4.78 is 9.91. The minimum absolute atomic E-state index is 0.0874. The summed E-state index contributed by atoms with van der Waals surface area (Å²) in [7, 11) is 0. The zero-order chi connectivity index (χ0) is 22.3. The van der Waals surface area contributed by atoms with E-state index in [0.29, 0.717) is 17.9 Å². The Morgan fingerprint density at radius 3 is 2.30 bits per heavy atom. The smallest absolute Gasteiger partial charge is 0.351 e. The Labute approximate surface area is 173 Å². The fraction of sp³-hybridized carbons (Fsp3) is 0.364. The lowest BCUT2D eigenvalue weighted by molar-refractivity contribution is -0.134. The van der Waals surface area contributed by atoms with Crippen molar-refractivity contribution in [3.63, 3.8) is 0 Å². The number of Topliss-reactive ketones (excluding diaryl/α,β-unsaturated/α-hetero) is 1. The average molecular weight is 415 g/mol. The van der Waals surface area contributed by atoms with Gasteiger partial charge >= 0.3 is 11.6 Å². The number of hydrogen-bond acceptors (Lipinski definition) is 8. The van der Waals surface area contributed by atoms with Crippen LogP contribution in [0.25, 0.3) is 0 Å². The number of benzene rings is 1. The summed E-state index contributed by atoms with van der Waals surface area (Å²) in [6, 6.07) is 6.29. The maximum Gasteiger partial charge on any atom is 0.351 e. The molecule has 1 aromatic heterocycles. The maximum absolute atomic E-state index is 12.0. The Morgan fingerprint density at radius 1 is 1.03 bits per heavy atom. The zero-order valence-electron chi connectivity index (χ0n) is 17.2. The van der Waals surface area contributed by atoms with Crippen LogP contribution in [0.4, 0.5) is 5.69 Å². The first-order chi connectivity index (χ1) is 14.2. The summed E-state index contributed by atoms with van der Waals surface area (Å²) in [5, 5.41) is 19.8. The molecule has 2 rings (SSSR count). The molecular formula is C22H25NO7. The highest BCUT2D eigenvalue weighted by Crippen LogP contribution is 2.29. The van der Waals surface area contributed by atoms with Gasteiger partial charge in [-0.3, -0.25) is 14.6 Å². The van der Waals surface area contributed by atoms with Gasteiger partial charge in [0.2, 0.25) is 0 Å². The third-order valence-electron chi connectivity index (χ3n) is 4.39. The number of carbonyl (C=O) groups is 2. The van der Waals surface area contributed by atoms with E-state index in [4.69, 9.17) is 4.74 Å². The highest BCUT2D eigenvalue weighted by atomic mass is 16.5. The Bertz CT molecular complexity index is 1000. The second-order valence-corrected chi connectivity index (χ2v) is 6.83. The standard InChI is InChI=1S/C22H25NO7/c1-4-5-6-7-8-17(25)29-16-11-9-15(10-12-16)23-13(2)18-20(26)19(14(3)24)22(28)30-21(18)27/h9-12,26,28H,4-8H2,1-3H3. The number of nitrogens with zero attached hydrogens (tertiary/aromatic N) is 1. The van der Waals surface area contributed by atoms with Crippen molar-refractivity contribution in [2.45, 2.75) is 52.9 Å². The van der Waals surface area contributed by atoms with Crippen molar-refractivity contribution >= 4 is 23.2 Å². The second kappa shape index (κ2) is 10.4.